The first kappa shape index (κ1) is 10.3. The summed E-state index contributed by atoms with van der Waals surface area (Å²) in [6.07, 6.45) is 0. The predicted molar refractivity (Wildman–Crippen MR) is 66.4 cm³/mol. The van der Waals surface area contributed by atoms with Crippen molar-refractivity contribution >= 4 is 11.6 Å². The summed E-state index contributed by atoms with van der Waals surface area (Å²) in [5.74, 6) is 0. The number of hydrogen-bond donors (Lipinski definition) is 0. The second-order valence-electron chi connectivity index (χ2n) is 3.80. The average Bonchev–Trinajstić information content (AvgIpc) is 2.23. The molecule has 0 radical (unpaired) electrons. The molecule has 0 amide bonds. The predicted octanol–water partition coefficient (Wildman–Crippen LogP) is 4.62. The molecule has 2 rings (SSSR count). The summed E-state index contributed by atoms with van der Waals surface area (Å²) in [5, 5.41) is 0.811. The van der Waals surface area contributed by atoms with Gasteiger partial charge in [-0.25, -0.2) is 0 Å². The molecule has 0 fully saturated rings. The van der Waals surface area contributed by atoms with Crippen LogP contribution in [0.15, 0.2) is 42.5 Å². The van der Waals surface area contributed by atoms with Gasteiger partial charge in [-0.3, -0.25) is 0 Å². The SMILES string of the molecule is Cc1ccc(C)c(-c2ccccc2Cl)c1. The zero-order valence-corrected chi connectivity index (χ0v) is 9.68. The molecule has 0 nitrogen and oxygen atoms in total. The topological polar surface area (TPSA) is 0 Å². The molecule has 1 heteroatoms. The van der Waals surface area contributed by atoms with Crippen LogP contribution in [0.2, 0.25) is 5.02 Å². The van der Waals surface area contributed by atoms with E-state index in [1.807, 2.05) is 18.2 Å². The second-order valence-corrected chi connectivity index (χ2v) is 4.21. The van der Waals surface area contributed by atoms with Crippen molar-refractivity contribution < 1.29 is 0 Å². The molecule has 0 N–H and O–H groups in total. The van der Waals surface area contributed by atoms with Gasteiger partial charge in [-0.2, -0.15) is 0 Å². The van der Waals surface area contributed by atoms with Crippen molar-refractivity contribution in [2.75, 3.05) is 0 Å². The summed E-state index contributed by atoms with van der Waals surface area (Å²) in [6, 6.07) is 14.4. The van der Waals surface area contributed by atoms with Gasteiger partial charge < -0.3 is 0 Å². The first-order chi connectivity index (χ1) is 7.18. The van der Waals surface area contributed by atoms with E-state index in [1.165, 1.54) is 16.7 Å². The van der Waals surface area contributed by atoms with Crippen LogP contribution in [0.3, 0.4) is 0 Å². The molecule has 0 aliphatic heterocycles. The van der Waals surface area contributed by atoms with Gasteiger partial charge in [0.2, 0.25) is 0 Å². The Morgan fingerprint density at radius 1 is 0.867 bits per heavy atom. The van der Waals surface area contributed by atoms with Gasteiger partial charge in [0.05, 0.1) is 0 Å². The molecule has 0 heterocycles. The van der Waals surface area contributed by atoms with Crippen molar-refractivity contribution in [1.29, 1.82) is 0 Å². The van der Waals surface area contributed by atoms with Crippen LogP contribution in [-0.4, -0.2) is 0 Å². The van der Waals surface area contributed by atoms with E-state index < -0.39 is 0 Å². The van der Waals surface area contributed by atoms with Crippen molar-refractivity contribution in [3.8, 4) is 11.1 Å². The minimum atomic E-state index is 0.811. The Morgan fingerprint density at radius 2 is 1.60 bits per heavy atom. The smallest absolute Gasteiger partial charge is 0.0484 e. The number of halogens is 1. The highest BCUT2D eigenvalue weighted by Gasteiger charge is 2.05. The third kappa shape index (κ3) is 2.05. The maximum Gasteiger partial charge on any atom is 0.0484 e. The standard InChI is InChI=1S/C14H13Cl/c1-10-7-8-11(2)13(9-10)12-5-3-4-6-14(12)15/h3-9H,1-2H3. The molecular formula is C14H13Cl. The lowest BCUT2D eigenvalue weighted by Crippen LogP contribution is -1.85. The Bertz CT molecular complexity index is 486. The van der Waals surface area contributed by atoms with E-state index in [-0.39, 0.29) is 0 Å². The first-order valence-electron chi connectivity index (χ1n) is 5.00. The number of aryl methyl sites for hydroxylation is 2. The highest BCUT2D eigenvalue weighted by atomic mass is 35.5. The lowest BCUT2D eigenvalue weighted by Gasteiger charge is -2.08. The fourth-order valence-electron chi connectivity index (χ4n) is 1.71. The normalized spacial score (nSPS) is 10.3. The Balaban J connectivity index is 2.64. The molecule has 0 spiro atoms. The van der Waals surface area contributed by atoms with E-state index in [9.17, 15) is 0 Å². The van der Waals surface area contributed by atoms with Gasteiger partial charge in [-0.15, -0.1) is 0 Å². The number of benzene rings is 2. The van der Waals surface area contributed by atoms with Crippen LogP contribution in [0.4, 0.5) is 0 Å². The first-order valence-corrected chi connectivity index (χ1v) is 5.38. The maximum absolute atomic E-state index is 6.18. The monoisotopic (exact) mass is 216 g/mol. The van der Waals surface area contributed by atoms with Crippen LogP contribution in [0, 0.1) is 13.8 Å². The van der Waals surface area contributed by atoms with Crippen LogP contribution in [-0.2, 0) is 0 Å². The largest absolute Gasteiger partial charge is 0.0837 e. The van der Waals surface area contributed by atoms with Gasteiger partial charge >= 0.3 is 0 Å². The minimum absolute atomic E-state index is 0.811. The van der Waals surface area contributed by atoms with Gasteiger partial charge in [0.1, 0.15) is 0 Å². The van der Waals surface area contributed by atoms with E-state index >= 15 is 0 Å². The summed E-state index contributed by atoms with van der Waals surface area (Å²) in [6.45, 7) is 4.21. The number of rotatable bonds is 1. The van der Waals surface area contributed by atoms with E-state index in [2.05, 4.69) is 38.1 Å². The zero-order valence-electron chi connectivity index (χ0n) is 8.92. The Morgan fingerprint density at radius 3 is 2.33 bits per heavy atom. The van der Waals surface area contributed by atoms with Gasteiger partial charge in [0.15, 0.2) is 0 Å². The molecular weight excluding hydrogens is 204 g/mol. The third-order valence-corrected chi connectivity index (χ3v) is 2.89. The molecule has 76 valence electrons. The molecule has 2 aromatic carbocycles. The molecule has 0 unspecified atom stereocenters. The Kier molecular flexibility index (Phi) is 2.79. The maximum atomic E-state index is 6.18. The van der Waals surface area contributed by atoms with Crippen LogP contribution < -0.4 is 0 Å². The highest BCUT2D eigenvalue weighted by Crippen LogP contribution is 2.30. The second kappa shape index (κ2) is 4.08. The van der Waals surface area contributed by atoms with Gasteiger partial charge in [0, 0.05) is 10.6 Å². The van der Waals surface area contributed by atoms with E-state index in [1.54, 1.807) is 0 Å². The van der Waals surface area contributed by atoms with Crippen LogP contribution in [0.5, 0.6) is 0 Å². The minimum Gasteiger partial charge on any atom is -0.0837 e. The molecule has 0 aliphatic rings. The van der Waals surface area contributed by atoms with Crippen molar-refractivity contribution in [1.82, 2.24) is 0 Å². The third-order valence-electron chi connectivity index (χ3n) is 2.56. The van der Waals surface area contributed by atoms with Gasteiger partial charge in [-0.05, 0) is 31.0 Å². The van der Waals surface area contributed by atoms with Crippen molar-refractivity contribution in [3.05, 3.63) is 58.6 Å². The quantitative estimate of drug-likeness (QED) is 0.652. The summed E-state index contributed by atoms with van der Waals surface area (Å²) in [7, 11) is 0. The molecule has 0 atom stereocenters. The summed E-state index contributed by atoms with van der Waals surface area (Å²) in [5.41, 5.74) is 4.85. The van der Waals surface area contributed by atoms with Gasteiger partial charge in [0.25, 0.3) is 0 Å². The summed E-state index contributed by atoms with van der Waals surface area (Å²) in [4.78, 5) is 0. The summed E-state index contributed by atoms with van der Waals surface area (Å²) >= 11 is 6.18. The van der Waals surface area contributed by atoms with Gasteiger partial charge in [-0.1, -0.05) is 53.6 Å². The fraction of sp³-hybridized carbons (Fsp3) is 0.143. The number of hydrogen-bond acceptors (Lipinski definition) is 0. The molecule has 2 aromatic rings. The van der Waals surface area contributed by atoms with Crippen molar-refractivity contribution in [2.45, 2.75) is 13.8 Å². The van der Waals surface area contributed by atoms with Crippen LogP contribution >= 0.6 is 11.6 Å². The lowest BCUT2D eigenvalue weighted by molar-refractivity contribution is 1.39. The van der Waals surface area contributed by atoms with E-state index in [0.717, 1.165) is 10.6 Å². The van der Waals surface area contributed by atoms with Crippen molar-refractivity contribution in [2.24, 2.45) is 0 Å². The van der Waals surface area contributed by atoms with Crippen LogP contribution in [0.25, 0.3) is 11.1 Å². The molecule has 0 saturated heterocycles. The molecule has 0 aromatic heterocycles. The summed E-state index contributed by atoms with van der Waals surface area (Å²) < 4.78 is 0. The van der Waals surface area contributed by atoms with E-state index in [4.69, 9.17) is 11.6 Å². The van der Waals surface area contributed by atoms with E-state index in [0.29, 0.717) is 0 Å². The molecule has 15 heavy (non-hydrogen) atoms. The zero-order chi connectivity index (χ0) is 10.8. The Hall–Kier alpha value is -1.27. The van der Waals surface area contributed by atoms with Crippen LogP contribution in [0.1, 0.15) is 11.1 Å². The lowest BCUT2D eigenvalue weighted by atomic mass is 9.98. The molecule has 0 aliphatic carbocycles. The molecule has 0 bridgehead atoms. The Labute approximate surface area is 95.5 Å². The van der Waals surface area contributed by atoms with Crippen molar-refractivity contribution in [3.63, 3.8) is 0 Å². The average molecular weight is 217 g/mol. The fourth-order valence-corrected chi connectivity index (χ4v) is 1.94. The molecule has 0 saturated carbocycles. The highest BCUT2D eigenvalue weighted by molar-refractivity contribution is 6.33.